The Bertz CT molecular complexity index is 709. The Kier molecular flexibility index (Phi) is 9.66. The molecule has 1 aromatic carbocycles. The molecule has 2 saturated heterocycles. The van der Waals surface area contributed by atoms with Gasteiger partial charge in [0.15, 0.2) is 0 Å². The Morgan fingerprint density at radius 1 is 0.882 bits per heavy atom. The Morgan fingerprint density at radius 3 is 2.15 bits per heavy atom. The fraction of sp³-hybridized carbons (Fsp3) is 0.786. The van der Waals surface area contributed by atoms with E-state index in [2.05, 4.69) is 76.9 Å². The van der Waals surface area contributed by atoms with Gasteiger partial charge in [-0.3, -0.25) is 9.80 Å². The number of rotatable bonds is 11. The van der Waals surface area contributed by atoms with Gasteiger partial charge in [-0.25, -0.2) is 0 Å². The molecule has 3 aliphatic rings. The minimum Gasteiger partial charge on any atom is -0.377 e. The quantitative estimate of drug-likeness (QED) is 0.531. The van der Waals surface area contributed by atoms with Crippen LogP contribution in [-0.4, -0.2) is 105 Å². The SMILES string of the molecule is CC(C)CN1CCN(CCOC2CC(NCc3ccc(N4CCN(C(C)C)CC4)cc3)C2)CC1.[HH]. The van der Waals surface area contributed by atoms with Gasteiger partial charge in [0.25, 0.3) is 0 Å². The second-order valence-corrected chi connectivity index (χ2v) is 11.4. The zero-order chi connectivity index (χ0) is 23.9. The predicted molar refractivity (Wildman–Crippen MR) is 145 cm³/mol. The van der Waals surface area contributed by atoms with E-state index in [1.807, 2.05) is 0 Å². The Balaban J connectivity index is 0.00000342. The molecule has 2 aliphatic heterocycles. The monoisotopic (exact) mass is 473 g/mol. The summed E-state index contributed by atoms with van der Waals surface area (Å²) in [6.45, 7) is 22.8. The van der Waals surface area contributed by atoms with E-state index in [9.17, 15) is 0 Å². The van der Waals surface area contributed by atoms with Crippen LogP contribution in [0.5, 0.6) is 0 Å². The highest BCUT2D eigenvalue weighted by Gasteiger charge is 2.29. The molecule has 3 fully saturated rings. The lowest BCUT2D eigenvalue weighted by Gasteiger charge is -2.38. The lowest BCUT2D eigenvalue weighted by molar-refractivity contribution is -0.0283. The maximum absolute atomic E-state index is 6.16. The smallest absolute Gasteiger partial charge is 0.0605 e. The summed E-state index contributed by atoms with van der Waals surface area (Å²) in [6.07, 6.45) is 2.76. The number of hydrogen-bond donors (Lipinski definition) is 1. The first-order valence-electron chi connectivity index (χ1n) is 13.8. The summed E-state index contributed by atoms with van der Waals surface area (Å²) in [5.41, 5.74) is 2.75. The van der Waals surface area contributed by atoms with Crippen molar-refractivity contribution < 1.29 is 6.16 Å². The van der Waals surface area contributed by atoms with Gasteiger partial charge in [0.2, 0.25) is 0 Å². The summed E-state index contributed by atoms with van der Waals surface area (Å²) < 4.78 is 6.16. The van der Waals surface area contributed by atoms with Gasteiger partial charge in [-0.15, -0.1) is 0 Å². The average Bonchev–Trinajstić information content (AvgIpc) is 2.81. The van der Waals surface area contributed by atoms with Gasteiger partial charge in [0, 0.05) is 91.2 Å². The topological polar surface area (TPSA) is 34.2 Å². The van der Waals surface area contributed by atoms with E-state index in [0.717, 1.165) is 51.5 Å². The summed E-state index contributed by atoms with van der Waals surface area (Å²) in [4.78, 5) is 10.3. The third-order valence-corrected chi connectivity index (χ3v) is 7.89. The Morgan fingerprint density at radius 2 is 1.53 bits per heavy atom. The summed E-state index contributed by atoms with van der Waals surface area (Å²) in [5, 5.41) is 3.73. The summed E-state index contributed by atoms with van der Waals surface area (Å²) >= 11 is 0. The first kappa shape index (κ1) is 25.9. The van der Waals surface area contributed by atoms with Gasteiger partial charge in [0.05, 0.1) is 12.7 Å². The van der Waals surface area contributed by atoms with Crippen molar-refractivity contribution in [2.75, 3.05) is 77.0 Å². The van der Waals surface area contributed by atoms with Crippen LogP contribution in [0.3, 0.4) is 0 Å². The van der Waals surface area contributed by atoms with Gasteiger partial charge >= 0.3 is 0 Å². The van der Waals surface area contributed by atoms with E-state index in [1.54, 1.807) is 0 Å². The number of nitrogens with one attached hydrogen (secondary N) is 1. The maximum Gasteiger partial charge on any atom is 0.0605 e. The molecule has 0 spiro atoms. The van der Waals surface area contributed by atoms with Gasteiger partial charge in [-0.2, -0.15) is 0 Å². The van der Waals surface area contributed by atoms with Gasteiger partial charge in [0.1, 0.15) is 0 Å². The first-order chi connectivity index (χ1) is 16.5. The summed E-state index contributed by atoms with van der Waals surface area (Å²) in [5.74, 6) is 0.769. The molecule has 194 valence electrons. The van der Waals surface area contributed by atoms with Crippen molar-refractivity contribution in [3.05, 3.63) is 29.8 Å². The lowest BCUT2D eigenvalue weighted by Crippen LogP contribution is -2.49. The maximum atomic E-state index is 6.16. The normalized spacial score (nSPS) is 25.3. The molecule has 1 saturated carbocycles. The van der Waals surface area contributed by atoms with Crippen LogP contribution in [0.15, 0.2) is 24.3 Å². The van der Waals surface area contributed by atoms with E-state index in [1.165, 1.54) is 57.1 Å². The summed E-state index contributed by atoms with van der Waals surface area (Å²) in [6, 6.07) is 10.5. The second-order valence-electron chi connectivity index (χ2n) is 11.4. The van der Waals surface area contributed by atoms with Crippen LogP contribution in [0.25, 0.3) is 0 Å². The van der Waals surface area contributed by atoms with Crippen molar-refractivity contribution in [1.29, 1.82) is 0 Å². The number of anilines is 1. The van der Waals surface area contributed by atoms with Crippen LogP contribution in [0.2, 0.25) is 0 Å². The number of ether oxygens (including phenoxy) is 1. The van der Waals surface area contributed by atoms with Gasteiger partial charge in [-0.1, -0.05) is 26.0 Å². The molecule has 0 atom stereocenters. The number of piperazine rings is 2. The molecule has 0 aromatic heterocycles. The third kappa shape index (κ3) is 7.66. The van der Waals surface area contributed by atoms with Crippen molar-refractivity contribution in [3.63, 3.8) is 0 Å². The van der Waals surface area contributed by atoms with Crippen LogP contribution >= 0.6 is 0 Å². The van der Waals surface area contributed by atoms with Crippen molar-refractivity contribution in [2.24, 2.45) is 5.92 Å². The highest BCUT2D eigenvalue weighted by molar-refractivity contribution is 5.48. The van der Waals surface area contributed by atoms with E-state index >= 15 is 0 Å². The van der Waals surface area contributed by atoms with Crippen molar-refractivity contribution >= 4 is 5.69 Å². The number of hydrogen-bond acceptors (Lipinski definition) is 6. The fourth-order valence-electron chi connectivity index (χ4n) is 5.51. The Hall–Kier alpha value is -1.18. The molecule has 6 nitrogen and oxygen atoms in total. The molecule has 1 aliphatic carbocycles. The van der Waals surface area contributed by atoms with Gasteiger partial charge in [-0.05, 0) is 50.3 Å². The lowest BCUT2D eigenvalue weighted by atomic mass is 9.89. The molecule has 1 aromatic rings. The molecule has 0 radical (unpaired) electrons. The zero-order valence-electron chi connectivity index (χ0n) is 22.2. The standard InChI is InChI=1S/C28H49N5O.H2/c1-23(2)22-31-11-9-30(10-12-31)17-18-34-28-19-26(20-28)29-21-25-5-7-27(8-6-25)33-15-13-32(14-16-33)24(3)4;/h5-8,23-24,26,28-29H,9-22H2,1-4H3;1H. The molecule has 0 unspecified atom stereocenters. The number of benzene rings is 1. The molecule has 1 N–H and O–H groups in total. The van der Waals surface area contributed by atoms with E-state index in [-0.39, 0.29) is 1.43 Å². The number of nitrogens with zero attached hydrogens (tertiary/aromatic N) is 4. The van der Waals surface area contributed by atoms with Crippen molar-refractivity contribution in [1.82, 2.24) is 20.0 Å². The average molecular weight is 474 g/mol. The minimum atomic E-state index is 0. The van der Waals surface area contributed by atoms with E-state index < -0.39 is 0 Å². The minimum absolute atomic E-state index is 0. The van der Waals surface area contributed by atoms with Crippen LogP contribution in [0, 0.1) is 5.92 Å². The fourth-order valence-corrected chi connectivity index (χ4v) is 5.51. The molecular formula is C28H51N5O. The molecular weight excluding hydrogens is 422 g/mol. The van der Waals surface area contributed by atoms with Crippen molar-refractivity contribution in [3.8, 4) is 0 Å². The molecule has 4 rings (SSSR count). The first-order valence-corrected chi connectivity index (χ1v) is 13.8. The van der Waals surface area contributed by atoms with E-state index in [0.29, 0.717) is 18.2 Å². The molecule has 0 bridgehead atoms. The molecule has 34 heavy (non-hydrogen) atoms. The third-order valence-electron chi connectivity index (χ3n) is 7.89. The van der Waals surface area contributed by atoms with Crippen molar-refractivity contribution in [2.45, 2.75) is 65.3 Å². The molecule has 2 heterocycles. The van der Waals surface area contributed by atoms with E-state index in [4.69, 9.17) is 4.74 Å². The molecule has 0 amide bonds. The van der Waals surface area contributed by atoms with Crippen LogP contribution < -0.4 is 10.2 Å². The largest absolute Gasteiger partial charge is 0.377 e. The van der Waals surface area contributed by atoms with Crippen LogP contribution in [0.1, 0.15) is 47.5 Å². The predicted octanol–water partition coefficient (Wildman–Crippen LogP) is 3.37. The second kappa shape index (κ2) is 12.7. The Labute approximate surface area is 210 Å². The van der Waals surface area contributed by atoms with Crippen LogP contribution in [-0.2, 0) is 11.3 Å². The van der Waals surface area contributed by atoms with Gasteiger partial charge < -0.3 is 19.9 Å². The highest BCUT2D eigenvalue weighted by Crippen LogP contribution is 2.24. The summed E-state index contributed by atoms with van der Waals surface area (Å²) in [7, 11) is 0. The molecule has 6 heteroatoms. The highest BCUT2D eigenvalue weighted by atomic mass is 16.5. The van der Waals surface area contributed by atoms with Crippen LogP contribution in [0.4, 0.5) is 5.69 Å². The zero-order valence-corrected chi connectivity index (χ0v) is 22.2.